The molecule has 1 aromatic carbocycles. The molecule has 0 aliphatic heterocycles. The quantitative estimate of drug-likeness (QED) is 0.682. The summed E-state index contributed by atoms with van der Waals surface area (Å²) < 4.78 is 0. The molecule has 0 radical (unpaired) electrons. The molecule has 0 spiro atoms. The zero-order chi connectivity index (χ0) is 12.1. The van der Waals surface area contributed by atoms with E-state index in [0.29, 0.717) is 6.04 Å². The molecule has 0 unspecified atom stereocenters. The van der Waals surface area contributed by atoms with Crippen molar-refractivity contribution in [1.29, 1.82) is 0 Å². The Morgan fingerprint density at radius 2 is 2.00 bits per heavy atom. The summed E-state index contributed by atoms with van der Waals surface area (Å²) in [5.74, 6) is 0. The predicted octanol–water partition coefficient (Wildman–Crippen LogP) is 3.60. The minimum atomic E-state index is -0.343. The average molecular weight is 315 g/mol. The molecule has 100 valence electrons. The molecule has 0 amide bonds. The monoisotopic (exact) mass is 314 g/mol. The van der Waals surface area contributed by atoms with Crippen molar-refractivity contribution >= 4 is 22.7 Å². The van der Waals surface area contributed by atoms with E-state index < -0.39 is 0 Å². The van der Waals surface area contributed by atoms with Crippen LogP contribution in [0.15, 0.2) is 24.3 Å². The van der Waals surface area contributed by atoms with E-state index in [-0.39, 0.29) is 27.6 Å². The summed E-state index contributed by atoms with van der Waals surface area (Å²) in [6.45, 7) is 0.729. The number of nitro groups is 1. The molecule has 1 aliphatic carbocycles. The first kappa shape index (κ1) is 15.1. The van der Waals surface area contributed by atoms with E-state index in [9.17, 15) is 10.1 Å². The van der Waals surface area contributed by atoms with Crippen LogP contribution in [0, 0.1) is 10.1 Å². The molecule has 1 saturated carbocycles. The van der Waals surface area contributed by atoms with Gasteiger partial charge in [-0.2, -0.15) is 0 Å². The lowest BCUT2D eigenvalue weighted by Crippen LogP contribution is -2.30. The second-order valence-electron chi connectivity index (χ2n) is 4.64. The van der Waals surface area contributed by atoms with Crippen molar-refractivity contribution in [1.82, 2.24) is 5.32 Å². The second-order valence-corrected chi connectivity index (χ2v) is 4.64. The molecular formula is C13H19BrN2O2. The topological polar surface area (TPSA) is 55.2 Å². The van der Waals surface area contributed by atoms with Crippen LogP contribution >= 0.6 is 17.0 Å². The average Bonchev–Trinajstić information content (AvgIpc) is 2.38. The lowest BCUT2D eigenvalue weighted by atomic mass is 9.95. The van der Waals surface area contributed by atoms with Crippen LogP contribution in [0.5, 0.6) is 0 Å². The van der Waals surface area contributed by atoms with Gasteiger partial charge in [-0.25, -0.2) is 0 Å². The van der Waals surface area contributed by atoms with Crippen LogP contribution < -0.4 is 5.32 Å². The van der Waals surface area contributed by atoms with Crippen LogP contribution in [0.1, 0.15) is 37.7 Å². The van der Waals surface area contributed by atoms with Crippen molar-refractivity contribution in [2.24, 2.45) is 0 Å². The maximum Gasteiger partial charge on any atom is 0.269 e. The van der Waals surface area contributed by atoms with Gasteiger partial charge in [-0.15, -0.1) is 17.0 Å². The first-order chi connectivity index (χ1) is 8.25. The molecule has 5 heteroatoms. The van der Waals surface area contributed by atoms with E-state index in [0.717, 1.165) is 12.1 Å². The third-order valence-corrected chi connectivity index (χ3v) is 3.32. The van der Waals surface area contributed by atoms with Crippen molar-refractivity contribution in [3.8, 4) is 0 Å². The fraction of sp³-hybridized carbons (Fsp3) is 0.538. The van der Waals surface area contributed by atoms with Crippen LogP contribution in [0.2, 0.25) is 0 Å². The fourth-order valence-electron chi connectivity index (χ4n) is 2.35. The zero-order valence-corrected chi connectivity index (χ0v) is 12.0. The molecule has 1 fully saturated rings. The van der Waals surface area contributed by atoms with Crippen LogP contribution in [0.4, 0.5) is 5.69 Å². The molecule has 0 heterocycles. The van der Waals surface area contributed by atoms with Gasteiger partial charge in [0.25, 0.3) is 5.69 Å². The maximum absolute atomic E-state index is 10.6. The molecular weight excluding hydrogens is 296 g/mol. The molecule has 0 atom stereocenters. The summed E-state index contributed by atoms with van der Waals surface area (Å²) in [7, 11) is 0. The number of hydrogen-bond acceptors (Lipinski definition) is 3. The van der Waals surface area contributed by atoms with E-state index in [4.69, 9.17) is 0 Å². The lowest BCUT2D eigenvalue weighted by Gasteiger charge is -2.22. The third-order valence-electron chi connectivity index (χ3n) is 3.32. The number of nitro benzene ring substituents is 1. The van der Waals surface area contributed by atoms with Gasteiger partial charge in [-0.05, 0) is 18.4 Å². The number of nitrogens with zero attached hydrogens (tertiary/aromatic N) is 1. The Balaban J connectivity index is 0.00000162. The van der Waals surface area contributed by atoms with Crippen molar-refractivity contribution < 1.29 is 4.92 Å². The predicted molar refractivity (Wildman–Crippen MR) is 77.1 cm³/mol. The summed E-state index contributed by atoms with van der Waals surface area (Å²) in [4.78, 5) is 10.3. The molecule has 4 nitrogen and oxygen atoms in total. The maximum atomic E-state index is 10.6. The summed E-state index contributed by atoms with van der Waals surface area (Å²) in [5, 5.41) is 14.1. The highest BCUT2D eigenvalue weighted by Crippen LogP contribution is 2.18. The van der Waals surface area contributed by atoms with Crippen LogP contribution in [0.3, 0.4) is 0 Å². The van der Waals surface area contributed by atoms with Gasteiger partial charge in [0.15, 0.2) is 0 Å². The van der Waals surface area contributed by atoms with E-state index in [1.807, 2.05) is 6.07 Å². The highest BCUT2D eigenvalue weighted by atomic mass is 79.9. The summed E-state index contributed by atoms with van der Waals surface area (Å²) in [6.07, 6.45) is 6.40. The largest absolute Gasteiger partial charge is 0.310 e. The van der Waals surface area contributed by atoms with Gasteiger partial charge in [-0.1, -0.05) is 31.4 Å². The van der Waals surface area contributed by atoms with Crippen molar-refractivity contribution in [2.75, 3.05) is 0 Å². The third kappa shape index (κ3) is 4.38. The number of benzene rings is 1. The van der Waals surface area contributed by atoms with Gasteiger partial charge in [0.05, 0.1) is 4.92 Å². The van der Waals surface area contributed by atoms with E-state index in [1.165, 1.54) is 38.2 Å². The SMILES string of the molecule is Br.O=[N+]([O-])c1cccc(CNC2CCCCC2)c1. The Morgan fingerprint density at radius 1 is 1.28 bits per heavy atom. The Bertz CT molecular complexity index is 392. The van der Waals surface area contributed by atoms with Crippen LogP contribution in [-0.4, -0.2) is 11.0 Å². The normalized spacial score (nSPS) is 16.0. The first-order valence-corrected chi connectivity index (χ1v) is 6.22. The molecule has 0 bridgehead atoms. The summed E-state index contributed by atoms with van der Waals surface area (Å²) in [5.41, 5.74) is 1.16. The number of non-ortho nitro benzene ring substituents is 1. The van der Waals surface area contributed by atoms with Gasteiger partial charge in [0.1, 0.15) is 0 Å². The smallest absolute Gasteiger partial charge is 0.269 e. The highest BCUT2D eigenvalue weighted by Gasteiger charge is 2.13. The standard InChI is InChI=1S/C13H18N2O2.BrH/c16-15(17)13-8-4-5-11(9-13)10-14-12-6-2-1-3-7-12;/h4-5,8-9,12,14H,1-3,6-7,10H2;1H. The van der Waals surface area contributed by atoms with Gasteiger partial charge in [-0.3, -0.25) is 10.1 Å². The Hall–Kier alpha value is -0.940. The highest BCUT2D eigenvalue weighted by molar-refractivity contribution is 8.93. The van der Waals surface area contributed by atoms with Gasteiger partial charge >= 0.3 is 0 Å². The Labute approximate surface area is 118 Å². The number of hydrogen-bond donors (Lipinski definition) is 1. The van der Waals surface area contributed by atoms with Crippen molar-refractivity contribution in [2.45, 2.75) is 44.7 Å². The molecule has 0 saturated heterocycles. The van der Waals surface area contributed by atoms with Crippen LogP contribution in [0.25, 0.3) is 0 Å². The molecule has 2 rings (SSSR count). The summed E-state index contributed by atoms with van der Waals surface area (Å²) in [6, 6.07) is 7.45. The molecule has 1 aliphatic rings. The summed E-state index contributed by atoms with van der Waals surface area (Å²) >= 11 is 0. The van der Waals surface area contributed by atoms with Crippen molar-refractivity contribution in [3.05, 3.63) is 39.9 Å². The molecule has 18 heavy (non-hydrogen) atoms. The van der Waals surface area contributed by atoms with E-state index in [2.05, 4.69) is 5.32 Å². The number of nitrogens with one attached hydrogen (secondary N) is 1. The van der Waals surface area contributed by atoms with Crippen molar-refractivity contribution in [3.63, 3.8) is 0 Å². The minimum absolute atomic E-state index is 0. The fourth-order valence-corrected chi connectivity index (χ4v) is 2.35. The van der Waals surface area contributed by atoms with E-state index in [1.54, 1.807) is 12.1 Å². The molecule has 0 aromatic heterocycles. The molecule has 1 aromatic rings. The van der Waals surface area contributed by atoms with E-state index >= 15 is 0 Å². The molecule has 1 N–H and O–H groups in total. The zero-order valence-electron chi connectivity index (χ0n) is 10.3. The second kappa shape index (κ2) is 7.48. The van der Waals surface area contributed by atoms with Gasteiger partial charge < -0.3 is 5.32 Å². The number of rotatable bonds is 4. The first-order valence-electron chi connectivity index (χ1n) is 6.22. The minimum Gasteiger partial charge on any atom is -0.310 e. The Morgan fingerprint density at radius 3 is 2.67 bits per heavy atom. The van der Waals surface area contributed by atoms with Gasteiger partial charge in [0, 0.05) is 24.7 Å². The number of halogens is 1. The Kier molecular flexibility index (Phi) is 6.29. The van der Waals surface area contributed by atoms with Crippen LogP contribution in [-0.2, 0) is 6.54 Å². The lowest BCUT2D eigenvalue weighted by molar-refractivity contribution is -0.384. The van der Waals surface area contributed by atoms with Gasteiger partial charge in [0.2, 0.25) is 0 Å².